The maximum Gasteiger partial charge on any atom is 0.243 e. The van der Waals surface area contributed by atoms with E-state index in [2.05, 4.69) is 4.98 Å². The van der Waals surface area contributed by atoms with Gasteiger partial charge in [0.25, 0.3) is 0 Å². The third-order valence-electron chi connectivity index (χ3n) is 2.90. The summed E-state index contributed by atoms with van der Waals surface area (Å²) >= 11 is 0. The summed E-state index contributed by atoms with van der Waals surface area (Å²) in [5, 5.41) is 0. The quantitative estimate of drug-likeness (QED) is 0.854. The van der Waals surface area contributed by atoms with Crippen molar-refractivity contribution in [1.82, 2.24) is 9.29 Å². The molecule has 1 aliphatic rings. The zero-order chi connectivity index (χ0) is 12.5. The molecule has 1 fully saturated rings. The molecule has 0 saturated heterocycles. The maximum atomic E-state index is 12.3. The largest absolute Gasteiger partial charge is 0.384 e. The fourth-order valence-electron chi connectivity index (χ4n) is 1.72. The van der Waals surface area contributed by atoms with Crippen LogP contribution in [-0.2, 0) is 10.0 Å². The van der Waals surface area contributed by atoms with Gasteiger partial charge >= 0.3 is 0 Å². The Morgan fingerprint density at radius 1 is 1.53 bits per heavy atom. The molecule has 2 rings (SSSR count). The van der Waals surface area contributed by atoms with Crippen LogP contribution in [0.1, 0.15) is 19.8 Å². The number of rotatable bonds is 5. The van der Waals surface area contributed by atoms with Crippen LogP contribution in [-0.4, -0.2) is 30.8 Å². The molecule has 2 N–H and O–H groups in total. The molecule has 0 amide bonds. The predicted molar refractivity (Wildman–Crippen MR) is 65.8 cm³/mol. The molecule has 17 heavy (non-hydrogen) atoms. The van der Waals surface area contributed by atoms with Gasteiger partial charge in [0, 0.05) is 25.4 Å². The number of hydrogen-bond acceptors (Lipinski definition) is 4. The van der Waals surface area contributed by atoms with Crippen LogP contribution < -0.4 is 5.73 Å². The number of nitrogen functional groups attached to an aromatic ring is 1. The molecule has 0 aromatic carbocycles. The summed E-state index contributed by atoms with van der Waals surface area (Å²) < 4.78 is 26.2. The van der Waals surface area contributed by atoms with Gasteiger partial charge in [-0.05, 0) is 24.8 Å². The Balaban J connectivity index is 2.26. The van der Waals surface area contributed by atoms with Crippen molar-refractivity contribution in [3.8, 4) is 0 Å². The second-order valence-corrected chi connectivity index (χ2v) is 6.25. The Hall–Kier alpha value is -1.14. The minimum atomic E-state index is -3.42. The number of pyridine rings is 1. The molecule has 1 saturated carbocycles. The minimum absolute atomic E-state index is 0.229. The molecule has 5 nitrogen and oxygen atoms in total. The number of sulfonamides is 1. The highest BCUT2D eigenvalue weighted by atomic mass is 32.2. The molecule has 0 unspecified atom stereocenters. The molecular weight excluding hydrogens is 238 g/mol. The standard InChI is InChI=1S/C11H17N3O2S/c1-2-14(8-9-3-4-9)17(15,16)10-5-6-13-11(12)7-10/h5-7,9H,2-4,8H2,1H3,(H2,12,13). The Bertz CT molecular complexity index is 497. The topological polar surface area (TPSA) is 76.3 Å². The monoisotopic (exact) mass is 255 g/mol. The summed E-state index contributed by atoms with van der Waals surface area (Å²) in [5.74, 6) is 0.762. The average molecular weight is 255 g/mol. The number of anilines is 1. The van der Waals surface area contributed by atoms with Crippen molar-refractivity contribution in [2.24, 2.45) is 5.92 Å². The van der Waals surface area contributed by atoms with E-state index in [4.69, 9.17) is 5.73 Å². The molecule has 0 aliphatic heterocycles. The van der Waals surface area contributed by atoms with Gasteiger partial charge in [0.1, 0.15) is 5.82 Å². The van der Waals surface area contributed by atoms with Crippen molar-refractivity contribution < 1.29 is 8.42 Å². The normalized spacial score (nSPS) is 16.4. The molecule has 0 radical (unpaired) electrons. The molecule has 0 atom stereocenters. The lowest BCUT2D eigenvalue weighted by Gasteiger charge is -2.20. The highest BCUT2D eigenvalue weighted by molar-refractivity contribution is 7.89. The molecule has 1 aromatic heterocycles. The van der Waals surface area contributed by atoms with Crippen molar-refractivity contribution in [1.29, 1.82) is 0 Å². The van der Waals surface area contributed by atoms with Crippen molar-refractivity contribution in [2.45, 2.75) is 24.7 Å². The summed E-state index contributed by atoms with van der Waals surface area (Å²) in [4.78, 5) is 4.04. The van der Waals surface area contributed by atoms with E-state index in [1.165, 1.54) is 22.6 Å². The van der Waals surface area contributed by atoms with Gasteiger partial charge in [0.05, 0.1) is 4.90 Å². The first kappa shape index (κ1) is 12.3. The number of aromatic nitrogens is 1. The van der Waals surface area contributed by atoms with Crippen molar-refractivity contribution in [3.63, 3.8) is 0 Å². The van der Waals surface area contributed by atoms with E-state index in [9.17, 15) is 8.42 Å². The molecule has 6 heteroatoms. The third-order valence-corrected chi connectivity index (χ3v) is 4.84. The van der Waals surface area contributed by atoms with Gasteiger partial charge in [-0.1, -0.05) is 6.92 Å². The van der Waals surface area contributed by atoms with Crippen LogP contribution in [0.15, 0.2) is 23.2 Å². The number of nitrogens with two attached hydrogens (primary N) is 1. The first-order valence-electron chi connectivity index (χ1n) is 5.75. The summed E-state index contributed by atoms with van der Waals surface area (Å²) in [5.41, 5.74) is 5.52. The van der Waals surface area contributed by atoms with Crippen LogP contribution in [0.4, 0.5) is 5.82 Å². The van der Waals surface area contributed by atoms with Gasteiger partial charge in [0.2, 0.25) is 10.0 Å². The Morgan fingerprint density at radius 3 is 2.76 bits per heavy atom. The summed E-state index contributed by atoms with van der Waals surface area (Å²) in [6, 6.07) is 2.89. The van der Waals surface area contributed by atoms with Gasteiger partial charge in [-0.25, -0.2) is 13.4 Å². The molecule has 0 spiro atoms. The smallest absolute Gasteiger partial charge is 0.243 e. The highest BCUT2D eigenvalue weighted by Crippen LogP contribution is 2.31. The second-order valence-electron chi connectivity index (χ2n) is 4.32. The van der Waals surface area contributed by atoms with E-state index in [1.807, 2.05) is 6.92 Å². The second kappa shape index (κ2) is 4.62. The van der Waals surface area contributed by atoms with Crippen LogP contribution in [0.5, 0.6) is 0 Å². The van der Waals surface area contributed by atoms with Crippen molar-refractivity contribution >= 4 is 15.8 Å². The van der Waals surface area contributed by atoms with E-state index < -0.39 is 10.0 Å². The first-order chi connectivity index (χ1) is 8.04. The molecule has 0 bridgehead atoms. The summed E-state index contributed by atoms with van der Waals surface area (Å²) in [6.07, 6.45) is 3.68. The maximum absolute atomic E-state index is 12.3. The fourth-order valence-corrected chi connectivity index (χ4v) is 3.27. The Kier molecular flexibility index (Phi) is 3.35. The Morgan fingerprint density at radius 2 is 2.24 bits per heavy atom. The lowest BCUT2D eigenvalue weighted by atomic mass is 10.4. The first-order valence-corrected chi connectivity index (χ1v) is 7.19. The minimum Gasteiger partial charge on any atom is -0.384 e. The van der Waals surface area contributed by atoms with Crippen LogP contribution >= 0.6 is 0 Å². The van der Waals surface area contributed by atoms with Crippen molar-refractivity contribution in [2.75, 3.05) is 18.8 Å². The predicted octanol–water partition coefficient (Wildman–Crippen LogP) is 1.08. The SMILES string of the molecule is CCN(CC1CC1)S(=O)(=O)c1ccnc(N)c1. The van der Waals surface area contributed by atoms with Gasteiger partial charge in [-0.15, -0.1) is 0 Å². The number of hydrogen-bond donors (Lipinski definition) is 1. The van der Waals surface area contributed by atoms with Gasteiger partial charge in [0.15, 0.2) is 0 Å². The summed E-state index contributed by atoms with van der Waals surface area (Å²) in [7, 11) is -3.42. The molecule has 94 valence electrons. The summed E-state index contributed by atoms with van der Waals surface area (Å²) in [6.45, 7) is 2.95. The zero-order valence-corrected chi connectivity index (χ0v) is 10.7. The highest BCUT2D eigenvalue weighted by Gasteiger charge is 2.30. The van der Waals surface area contributed by atoms with E-state index in [-0.39, 0.29) is 10.7 Å². The van der Waals surface area contributed by atoms with Crippen LogP contribution in [0.2, 0.25) is 0 Å². The Labute approximate surface area is 102 Å². The molecule has 1 aromatic rings. The zero-order valence-electron chi connectivity index (χ0n) is 9.83. The number of nitrogens with zero attached hydrogens (tertiary/aromatic N) is 2. The van der Waals surface area contributed by atoms with Gasteiger partial charge in [-0.3, -0.25) is 0 Å². The fraction of sp³-hybridized carbons (Fsp3) is 0.545. The average Bonchev–Trinajstić information content (AvgIpc) is 3.09. The van der Waals surface area contributed by atoms with Gasteiger partial charge < -0.3 is 5.73 Å². The van der Waals surface area contributed by atoms with E-state index >= 15 is 0 Å². The van der Waals surface area contributed by atoms with Crippen LogP contribution in [0, 0.1) is 5.92 Å². The van der Waals surface area contributed by atoms with E-state index in [0.717, 1.165) is 12.8 Å². The third kappa shape index (κ3) is 2.76. The molecule has 1 heterocycles. The lowest BCUT2D eigenvalue weighted by molar-refractivity contribution is 0.412. The van der Waals surface area contributed by atoms with Gasteiger partial charge in [-0.2, -0.15) is 4.31 Å². The van der Waals surface area contributed by atoms with Crippen LogP contribution in [0.3, 0.4) is 0 Å². The van der Waals surface area contributed by atoms with Crippen molar-refractivity contribution in [3.05, 3.63) is 18.3 Å². The molecule has 1 aliphatic carbocycles. The van der Waals surface area contributed by atoms with E-state index in [0.29, 0.717) is 19.0 Å². The lowest BCUT2D eigenvalue weighted by Crippen LogP contribution is -2.32. The van der Waals surface area contributed by atoms with Crippen LogP contribution in [0.25, 0.3) is 0 Å². The van der Waals surface area contributed by atoms with E-state index in [1.54, 1.807) is 0 Å². The molecular formula is C11H17N3O2S.